The van der Waals surface area contributed by atoms with Crippen LogP contribution in [0.3, 0.4) is 0 Å². The zero-order valence-corrected chi connectivity index (χ0v) is 8.76. The number of halogens is 8. The van der Waals surface area contributed by atoms with E-state index in [4.69, 9.17) is 0 Å². The number of rotatable bonds is 1. The molecule has 0 spiro atoms. The third-order valence-electron chi connectivity index (χ3n) is 2.09. The molecule has 0 saturated heterocycles. The summed E-state index contributed by atoms with van der Waals surface area (Å²) in [4.78, 5) is 0. The Morgan fingerprint density at radius 2 is 0.889 bits per heavy atom. The molecule has 0 aliphatic carbocycles. The van der Waals surface area contributed by atoms with E-state index in [0.717, 1.165) is 0 Å². The van der Waals surface area contributed by atoms with Crippen molar-refractivity contribution in [3.05, 3.63) is 34.9 Å². The molecule has 18 heavy (non-hydrogen) atoms. The highest BCUT2D eigenvalue weighted by molar-refractivity contribution is 5.35. The Bertz CT molecular complexity index is 356. The van der Waals surface area contributed by atoms with Gasteiger partial charge in [0.05, 0.1) is 11.1 Å². The van der Waals surface area contributed by atoms with Crippen LogP contribution in [0.15, 0.2) is 18.2 Å². The van der Waals surface area contributed by atoms with Gasteiger partial charge in [-0.15, -0.1) is 0 Å². The molecular formula is C10H6F8. The molecule has 0 unspecified atom stereocenters. The summed E-state index contributed by atoms with van der Waals surface area (Å²) < 4.78 is 99.6. The highest BCUT2D eigenvalue weighted by Gasteiger charge is 2.39. The lowest BCUT2D eigenvalue weighted by molar-refractivity contribution is -0.143. The zero-order valence-electron chi connectivity index (χ0n) is 8.76. The molecule has 0 amide bonds. The summed E-state index contributed by atoms with van der Waals surface area (Å²) >= 11 is 0. The molecule has 0 nitrogen and oxygen atoms in total. The summed E-state index contributed by atoms with van der Waals surface area (Å²) in [5, 5.41) is 0. The van der Waals surface area contributed by atoms with Crippen molar-refractivity contribution in [3.8, 4) is 0 Å². The van der Waals surface area contributed by atoms with Crippen LogP contribution in [0, 0.1) is 0 Å². The first kappa shape index (κ1) is 14.7. The van der Waals surface area contributed by atoms with Crippen molar-refractivity contribution >= 4 is 0 Å². The van der Waals surface area contributed by atoms with Crippen LogP contribution < -0.4 is 0 Å². The van der Waals surface area contributed by atoms with Crippen LogP contribution >= 0.6 is 0 Å². The van der Waals surface area contributed by atoms with Gasteiger partial charge in [0.1, 0.15) is 0 Å². The van der Waals surface area contributed by atoms with Crippen molar-refractivity contribution in [2.24, 2.45) is 0 Å². The van der Waals surface area contributed by atoms with Crippen molar-refractivity contribution < 1.29 is 35.1 Å². The van der Waals surface area contributed by atoms with Crippen LogP contribution in [-0.2, 0) is 18.3 Å². The first-order chi connectivity index (χ1) is 7.82. The van der Waals surface area contributed by atoms with Crippen molar-refractivity contribution in [3.63, 3.8) is 0 Å². The summed E-state index contributed by atoms with van der Waals surface area (Å²) in [7, 11) is 0. The Balaban J connectivity index is 3.49. The molecule has 0 aliphatic rings. The van der Waals surface area contributed by atoms with E-state index in [9.17, 15) is 35.1 Å². The molecule has 0 saturated carbocycles. The molecule has 102 valence electrons. The minimum atomic E-state index is -5.12. The van der Waals surface area contributed by atoms with E-state index < -0.39 is 35.0 Å². The fourth-order valence-corrected chi connectivity index (χ4v) is 1.21. The molecule has 1 rings (SSSR count). The van der Waals surface area contributed by atoms with E-state index in [-0.39, 0.29) is 25.1 Å². The lowest BCUT2D eigenvalue weighted by Crippen LogP contribution is -2.15. The number of alkyl halides is 8. The summed E-state index contributed by atoms with van der Waals surface area (Å²) in [5.41, 5.74) is -4.84. The average Bonchev–Trinajstić information content (AvgIpc) is 2.13. The van der Waals surface area contributed by atoms with Crippen molar-refractivity contribution in [1.82, 2.24) is 0 Å². The molecule has 0 N–H and O–H groups in total. The number of benzene rings is 1. The Kier molecular flexibility index (Phi) is 3.35. The van der Waals surface area contributed by atoms with Gasteiger partial charge in [0.25, 0.3) is 5.92 Å². The summed E-state index contributed by atoms with van der Waals surface area (Å²) in [6.45, 7) is 0.225. The van der Waals surface area contributed by atoms with Crippen LogP contribution in [-0.4, -0.2) is 0 Å². The fraction of sp³-hybridized carbons (Fsp3) is 0.400. The molecule has 0 heterocycles. The molecule has 0 bridgehead atoms. The Labute approximate surface area is 96.2 Å². The normalized spacial score (nSPS) is 13.8. The maximum absolute atomic E-state index is 12.9. The molecule has 0 aromatic heterocycles. The predicted molar refractivity (Wildman–Crippen MR) is 46.0 cm³/mol. The van der Waals surface area contributed by atoms with Crippen LogP contribution in [0.5, 0.6) is 0 Å². The van der Waals surface area contributed by atoms with Crippen molar-refractivity contribution in [2.75, 3.05) is 0 Å². The fourth-order valence-electron chi connectivity index (χ4n) is 1.21. The van der Waals surface area contributed by atoms with Crippen LogP contribution in [0.25, 0.3) is 0 Å². The van der Waals surface area contributed by atoms with Gasteiger partial charge in [-0.25, -0.2) is 8.78 Å². The zero-order chi connectivity index (χ0) is 14.4. The lowest BCUT2D eigenvalue weighted by Gasteiger charge is -2.17. The Morgan fingerprint density at radius 3 is 1.11 bits per heavy atom. The first-order valence-corrected chi connectivity index (χ1v) is 4.49. The molecule has 0 atom stereocenters. The van der Waals surface area contributed by atoms with E-state index in [0.29, 0.717) is 0 Å². The van der Waals surface area contributed by atoms with Crippen LogP contribution in [0.1, 0.15) is 23.6 Å². The van der Waals surface area contributed by atoms with Crippen LogP contribution in [0.2, 0.25) is 0 Å². The monoisotopic (exact) mass is 278 g/mol. The van der Waals surface area contributed by atoms with Gasteiger partial charge in [0.15, 0.2) is 0 Å². The maximum atomic E-state index is 12.9. The highest BCUT2D eigenvalue weighted by atomic mass is 19.4. The largest absolute Gasteiger partial charge is 0.416 e. The summed E-state index contributed by atoms with van der Waals surface area (Å²) in [6, 6.07) is -0.181. The Morgan fingerprint density at radius 1 is 0.611 bits per heavy atom. The van der Waals surface area contributed by atoms with Crippen molar-refractivity contribution in [2.45, 2.75) is 25.2 Å². The quantitative estimate of drug-likeness (QED) is 0.645. The van der Waals surface area contributed by atoms with Gasteiger partial charge in [-0.05, 0) is 18.2 Å². The highest BCUT2D eigenvalue weighted by Crippen LogP contribution is 2.39. The van der Waals surface area contributed by atoms with Crippen LogP contribution in [0.4, 0.5) is 35.1 Å². The molecule has 0 aliphatic heterocycles. The summed E-state index contributed by atoms with van der Waals surface area (Å²) in [6.07, 6.45) is -10.2. The number of hydrogen-bond acceptors (Lipinski definition) is 0. The van der Waals surface area contributed by atoms with Crippen molar-refractivity contribution in [1.29, 1.82) is 0 Å². The van der Waals surface area contributed by atoms with Gasteiger partial charge >= 0.3 is 12.4 Å². The van der Waals surface area contributed by atoms with Gasteiger partial charge < -0.3 is 0 Å². The van der Waals surface area contributed by atoms with E-state index in [2.05, 4.69) is 0 Å². The maximum Gasteiger partial charge on any atom is 0.416 e. The minimum Gasteiger partial charge on any atom is -0.202 e. The Hall–Kier alpha value is -1.34. The molecule has 1 aromatic carbocycles. The van der Waals surface area contributed by atoms with Gasteiger partial charge in [0, 0.05) is 12.5 Å². The van der Waals surface area contributed by atoms with Gasteiger partial charge in [-0.3, -0.25) is 0 Å². The molecule has 8 heteroatoms. The second-order valence-corrected chi connectivity index (χ2v) is 3.68. The van der Waals surface area contributed by atoms with Gasteiger partial charge in [-0.1, -0.05) is 0 Å². The third kappa shape index (κ3) is 3.33. The molecule has 1 aromatic rings. The lowest BCUT2D eigenvalue weighted by atomic mass is 10.0. The van der Waals surface area contributed by atoms with E-state index in [1.165, 1.54) is 0 Å². The molecule has 0 fully saturated rings. The van der Waals surface area contributed by atoms with E-state index in [1.807, 2.05) is 0 Å². The average molecular weight is 278 g/mol. The predicted octanol–water partition coefficient (Wildman–Crippen LogP) is 4.84. The first-order valence-electron chi connectivity index (χ1n) is 4.49. The van der Waals surface area contributed by atoms with E-state index in [1.54, 1.807) is 0 Å². The van der Waals surface area contributed by atoms with Gasteiger partial charge in [0.2, 0.25) is 0 Å². The summed E-state index contributed by atoms with van der Waals surface area (Å²) in [5.74, 6) is -3.79. The third-order valence-corrected chi connectivity index (χ3v) is 2.09. The minimum absolute atomic E-state index is 0.00917. The topological polar surface area (TPSA) is 0 Å². The second-order valence-electron chi connectivity index (χ2n) is 3.68. The van der Waals surface area contributed by atoms with E-state index >= 15 is 0 Å². The standard InChI is InChI=1S/C10H6F8/c1-8(11,12)5-2-6(9(13,14)15)4-7(3-5)10(16,17)18/h2-4H,1H3. The smallest absolute Gasteiger partial charge is 0.202 e. The number of hydrogen-bond donors (Lipinski definition) is 0. The van der Waals surface area contributed by atoms with Gasteiger partial charge in [-0.2, -0.15) is 26.3 Å². The molecule has 0 radical (unpaired) electrons. The second kappa shape index (κ2) is 4.10. The SMILES string of the molecule is CC(F)(F)c1cc(C(F)(F)F)cc(C(F)(F)F)c1. The molecular weight excluding hydrogens is 272 g/mol.